The normalized spacial score (nSPS) is 31.3. The van der Waals surface area contributed by atoms with Crippen LogP contribution >= 0.6 is 0 Å². The van der Waals surface area contributed by atoms with Crippen molar-refractivity contribution in [3.63, 3.8) is 0 Å². The van der Waals surface area contributed by atoms with E-state index in [2.05, 4.69) is 0 Å². The van der Waals surface area contributed by atoms with Crippen LogP contribution < -0.4 is 0 Å². The minimum absolute atomic E-state index is 0.215. The first-order valence-corrected chi connectivity index (χ1v) is 8.51. The smallest absolute Gasteiger partial charge is 0.410 e. The Morgan fingerprint density at radius 3 is 2.04 bits per heavy atom. The molecule has 3 aliphatic rings. The van der Waals surface area contributed by atoms with E-state index in [9.17, 15) is 19.5 Å². The first-order valence-electron chi connectivity index (χ1n) is 8.51. The second-order valence-electron chi connectivity index (χ2n) is 7.63. The molecule has 2 amide bonds. The maximum absolute atomic E-state index is 12.8. The van der Waals surface area contributed by atoms with E-state index < -0.39 is 41.7 Å². The fraction of sp³-hybridized carbons (Fsp3) is 0.706. The number of rotatable bonds is 2. The van der Waals surface area contributed by atoms with Gasteiger partial charge in [0.1, 0.15) is 11.5 Å². The summed E-state index contributed by atoms with van der Waals surface area (Å²) >= 11 is 0. The van der Waals surface area contributed by atoms with Crippen LogP contribution in [0.1, 0.15) is 20.8 Å². The van der Waals surface area contributed by atoms with Crippen molar-refractivity contribution >= 4 is 18.0 Å². The lowest BCUT2D eigenvalue weighted by Gasteiger charge is -2.37. The first kappa shape index (κ1) is 17.7. The summed E-state index contributed by atoms with van der Waals surface area (Å²) in [6.45, 7) is 6.88. The minimum Gasteiger partial charge on any atom is -0.481 e. The average Bonchev–Trinajstić information content (AvgIpc) is 3.13. The second kappa shape index (κ2) is 6.33. The molecule has 2 saturated heterocycles. The molecular weight excluding hydrogens is 328 g/mol. The Balaban J connectivity index is 1.60. The van der Waals surface area contributed by atoms with Crippen LogP contribution in [0, 0.1) is 11.8 Å². The van der Waals surface area contributed by atoms with Crippen molar-refractivity contribution in [2.45, 2.75) is 38.6 Å². The van der Waals surface area contributed by atoms with Gasteiger partial charge in [-0.2, -0.15) is 0 Å². The molecular formula is C17H24N2O6. The molecule has 2 unspecified atom stereocenters. The lowest BCUT2D eigenvalue weighted by atomic mass is 9.82. The van der Waals surface area contributed by atoms with Gasteiger partial charge in [0.15, 0.2) is 0 Å². The number of carboxylic acid groups (broad SMARTS) is 1. The molecule has 1 N–H and O–H groups in total. The average molecular weight is 352 g/mol. The van der Waals surface area contributed by atoms with E-state index in [1.54, 1.807) is 42.7 Å². The lowest BCUT2D eigenvalue weighted by Crippen LogP contribution is -2.54. The van der Waals surface area contributed by atoms with Crippen molar-refractivity contribution in [3.8, 4) is 0 Å². The molecule has 3 heterocycles. The van der Waals surface area contributed by atoms with Crippen LogP contribution in [-0.4, -0.2) is 76.9 Å². The molecule has 0 spiro atoms. The highest BCUT2D eigenvalue weighted by Gasteiger charge is 2.54. The van der Waals surface area contributed by atoms with E-state index >= 15 is 0 Å². The Morgan fingerprint density at radius 1 is 1.00 bits per heavy atom. The van der Waals surface area contributed by atoms with Crippen LogP contribution in [0.25, 0.3) is 0 Å². The number of amides is 2. The summed E-state index contributed by atoms with van der Waals surface area (Å²) in [4.78, 5) is 39.6. The Kier molecular flexibility index (Phi) is 4.49. The van der Waals surface area contributed by atoms with Crippen molar-refractivity contribution < 1.29 is 29.0 Å². The number of hydrogen-bond acceptors (Lipinski definition) is 5. The SMILES string of the molecule is CC(C)(C)OC(=O)N1CCN(C(=O)C2C(C(=O)O)[C@@H]3C=C[C@H]2O3)CC1. The van der Waals surface area contributed by atoms with Crippen LogP contribution in [0.3, 0.4) is 0 Å². The van der Waals surface area contributed by atoms with Gasteiger partial charge < -0.3 is 24.4 Å². The molecule has 2 fully saturated rings. The van der Waals surface area contributed by atoms with Gasteiger partial charge in [-0.15, -0.1) is 0 Å². The molecule has 138 valence electrons. The van der Waals surface area contributed by atoms with Gasteiger partial charge >= 0.3 is 12.1 Å². The molecule has 0 saturated carbocycles. The Hall–Kier alpha value is -2.09. The summed E-state index contributed by atoms with van der Waals surface area (Å²) in [5.74, 6) is -2.76. The topological polar surface area (TPSA) is 96.4 Å². The second-order valence-corrected chi connectivity index (χ2v) is 7.63. The monoisotopic (exact) mass is 352 g/mol. The van der Waals surface area contributed by atoms with Gasteiger partial charge in [-0.1, -0.05) is 12.2 Å². The minimum atomic E-state index is -1.01. The van der Waals surface area contributed by atoms with Gasteiger partial charge in [-0.25, -0.2) is 4.79 Å². The summed E-state index contributed by atoms with van der Waals surface area (Å²) in [5.41, 5.74) is -0.564. The van der Waals surface area contributed by atoms with Crippen molar-refractivity contribution in [2.75, 3.05) is 26.2 Å². The van der Waals surface area contributed by atoms with Gasteiger partial charge in [0, 0.05) is 26.2 Å². The summed E-state index contributed by atoms with van der Waals surface area (Å²) < 4.78 is 10.9. The van der Waals surface area contributed by atoms with Crippen LogP contribution in [0.5, 0.6) is 0 Å². The number of aliphatic carboxylic acids is 1. The Bertz CT molecular complexity index is 603. The molecule has 0 aromatic heterocycles. The highest BCUT2D eigenvalue weighted by molar-refractivity contribution is 5.87. The maximum atomic E-state index is 12.8. The zero-order valence-electron chi connectivity index (χ0n) is 14.7. The van der Waals surface area contributed by atoms with Crippen molar-refractivity contribution in [3.05, 3.63) is 12.2 Å². The summed E-state index contributed by atoms with van der Waals surface area (Å²) in [6.07, 6.45) is 2.09. The van der Waals surface area contributed by atoms with Crippen LogP contribution in [0.2, 0.25) is 0 Å². The molecule has 8 heteroatoms. The van der Waals surface area contributed by atoms with E-state index in [-0.39, 0.29) is 5.91 Å². The van der Waals surface area contributed by atoms with E-state index in [1.165, 1.54) is 0 Å². The molecule has 2 bridgehead atoms. The lowest BCUT2D eigenvalue weighted by molar-refractivity contribution is -0.150. The molecule has 0 radical (unpaired) electrons. The van der Waals surface area contributed by atoms with Crippen LogP contribution in [0.4, 0.5) is 4.79 Å². The molecule has 8 nitrogen and oxygen atoms in total. The third kappa shape index (κ3) is 3.49. The number of hydrogen-bond donors (Lipinski definition) is 1. The fourth-order valence-electron chi connectivity index (χ4n) is 3.54. The molecule has 4 atom stereocenters. The number of carboxylic acids is 1. The van der Waals surface area contributed by atoms with Crippen LogP contribution in [0.15, 0.2) is 12.2 Å². The van der Waals surface area contributed by atoms with Crippen molar-refractivity contribution in [1.29, 1.82) is 0 Å². The maximum Gasteiger partial charge on any atom is 0.410 e. The standard InChI is InChI=1S/C17H24N2O6/c1-17(2,3)25-16(23)19-8-6-18(7-9-19)14(20)12-10-4-5-11(24-10)13(12)15(21)22/h4-5,10-13H,6-9H2,1-3H3,(H,21,22)/t10-,11+,12?,13?/m1/s1. The molecule has 3 aliphatic heterocycles. The van der Waals surface area contributed by atoms with E-state index in [1.807, 2.05) is 0 Å². The summed E-state index contributed by atoms with van der Waals surface area (Å²) in [5, 5.41) is 9.42. The van der Waals surface area contributed by atoms with Gasteiger partial charge in [0.2, 0.25) is 5.91 Å². The van der Waals surface area contributed by atoms with Gasteiger partial charge in [-0.3, -0.25) is 9.59 Å². The zero-order chi connectivity index (χ0) is 18.4. The number of ether oxygens (including phenoxy) is 2. The quantitative estimate of drug-likeness (QED) is 0.736. The number of piperazine rings is 1. The van der Waals surface area contributed by atoms with Gasteiger partial charge in [0.05, 0.1) is 18.1 Å². The third-order valence-corrected chi connectivity index (χ3v) is 4.71. The van der Waals surface area contributed by atoms with E-state index in [0.29, 0.717) is 26.2 Å². The summed E-state index contributed by atoms with van der Waals surface area (Å²) in [7, 11) is 0. The predicted octanol–water partition coefficient (Wildman–Crippen LogP) is 0.720. The Morgan fingerprint density at radius 2 is 1.52 bits per heavy atom. The predicted molar refractivity (Wildman–Crippen MR) is 86.8 cm³/mol. The zero-order valence-corrected chi connectivity index (χ0v) is 14.7. The molecule has 0 aliphatic carbocycles. The fourth-order valence-corrected chi connectivity index (χ4v) is 3.54. The first-order chi connectivity index (χ1) is 11.7. The Labute approximate surface area is 146 Å². The molecule has 0 aromatic carbocycles. The number of nitrogens with zero attached hydrogens (tertiary/aromatic N) is 2. The van der Waals surface area contributed by atoms with Crippen LogP contribution in [-0.2, 0) is 19.1 Å². The number of fused-ring (bicyclic) bond motifs is 2. The van der Waals surface area contributed by atoms with E-state index in [0.717, 1.165) is 0 Å². The van der Waals surface area contributed by atoms with E-state index in [4.69, 9.17) is 9.47 Å². The highest BCUT2D eigenvalue weighted by atomic mass is 16.6. The molecule has 25 heavy (non-hydrogen) atoms. The third-order valence-electron chi connectivity index (χ3n) is 4.71. The van der Waals surface area contributed by atoms with Gasteiger partial charge in [0.25, 0.3) is 0 Å². The molecule has 3 rings (SSSR count). The highest BCUT2D eigenvalue weighted by Crippen LogP contribution is 2.40. The van der Waals surface area contributed by atoms with Crippen molar-refractivity contribution in [1.82, 2.24) is 9.80 Å². The number of carbonyl (C=O) groups excluding carboxylic acids is 2. The van der Waals surface area contributed by atoms with Crippen molar-refractivity contribution in [2.24, 2.45) is 11.8 Å². The molecule has 0 aromatic rings. The number of carbonyl (C=O) groups is 3. The largest absolute Gasteiger partial charge is 0.481 e. The van der Waals surface area contributed by atoms with Gasteiger partial charge in [-0.05, 0) is 20.8 Å². The summed E-state index contributed by atoms with van der Waals surface area (Å²) in [6, 6.07) is 0.